The van der Waals surface area contributed by atoms with E-state index in [9.17, 15) is 0 Å². The van der Waals surface area contributed by atoms with Crippen molar-refractivity contribution in [1.29, 1.82) is 0 Å². The first-order chi connectivity index (χ1) is 7.11. The van der Waals surface area contributed by atoms with Gasteiger partial charge in [0.25, 0.3) is 0 Å². The monoisotopic (exact) mass is 229 g/mol. The van der Waals surface area contributed by atoms with Gasteiger partial charge in [-0.05, 0) is 28.8 Å². The van der Waals surface area contributed by atoms with E-state index in [-0.39, 0.29) is 13.2 Å². The predicted molar refractivity (Wildman–Crippen MR) is 63.0 cm³/mol. The number of nitrogens with one attached hydrogen (secondary N) is 1. The van der Waals surface area contributed by atoms with E-state index in [0.29, 0.717) is 6.54 Å². The maximum atomic E-state index is 9.10. The molecule has 1 aromatic heterocycles. The molecule has 0 aliphatic carbocycles. The minimum Gasteiger partial charge on any atom is -0.396 e. The average Bonchev–Trinajstić information content (AvgIpc) is 2.64. The van der Waals surface area contributed by atoms with Crippen LogP contribution in [0.1, 0.15) is 18.1 Å². The van der Waals surface area contributed by atoms with Crippen molar-refractivity contribution in [3.05, 3.63) is 21.9 Å². The first-order valence-electron chi connectivity index (χ1n) is 5.05. The van der Waals surface area contributed by atoms with Crippen LogP contribution in [0.5, 0.6) is 0 Å². The van der Waals surface area contributed by atoms with Crippen LogP contribution in [0.2, 0.25) is 0 Å². The molecule has 0 bridgehead atoms. The maximum absolute atomic E-state index is 9.10. The van der Waals surface area contributed by atoms with Gasteiger partial charge < -0.3 is 15.5 Å². The van der Waals surface area contributed by atoms with Gasteiger partial charge in [0, 0.05) is 18.5 Å². The van der Waals surface area contributed by atoms with Gasteiger partial charge >= 0.3 is 0 Å². The van der Waals surface area contributed by atoms with Gasteiger partial charge in [0.2, 0.25) is 0 Å². The van der Waals surface area contributed by atoms with Gasteiger partial charge in [0.05, 0.1) is 13.2 Å². The van der Waals surface area contributed by atoms with Crippen LogP contribution >= 0.6 is 11.3 Å². The van der Waals surface area contributed by atoms with Crippen LogP contribution in [-0.2, 0) is 6.54 Å². The lowest BCUT2D eigenvalue weighted by atomic mass is 9.93. The zero-order valence-corrected chi connectivity index (χ0v) is 10.1. The van der Waals surface area contributed by atoms with Gasteiger partial charge in [-0.3, -0.25) is 0 Å². The summed E-state index contributed by atoms with van der Waals surface area (Å²) in [6, 6.07) is 0. The van der Waals surface area contributed by atoms with Gasteiger partial charge in [0.1, 0.15) is 0 Å². The smallest absolute Gasteiger partial charge is 0.0518 e. The third-order valence-corrected chi connectivity index (χ3v) is 3.50. The lowest BCUT2D eigenvalue weighted by molar-refractivity contribution is 0.0695. The van der Waals surface area contributed by atoms with Gasteiger partial charge in [-0.25, -0.2) is 0 Å². The summed E-state index contributed by atoms with van der Waals surface area (Å²) in [6.07, 6.45) is 0. The fraction of sp³-hybridized carbons (Fsp3) is 0.636. The van der Waals surface area contributed by atoms with Gasteiger partial charge in [-0.1, -0.05) is 6.92 Å². The molecule has 1 heterocycles. The van der Waals surface area contributed by atoms with Gasteiger partial charge in [-0.15, -0.1) is 0 Å². The minimum absolute atomic E-state index is 0.000874. The van der Waals surface area contributed by atoms with E-state index in [2.05, 4.69) is 23.0 Å². The summed E-state index contributed by atoms with van der Waals surface area (Å²) < 4.78 is 0. The molecule has 0 amide bonds. The Morgan fingerprint density at radius 3 is 2.47 bits per heavy atom. The molecule has 1 aromatic rings. The molecule has 4 heteroatoms. The molecule has 0 aromatic carbocycles. The van der Waals surface area contributed by atoms with Gasteiger partial charge in [0.15, 0.2) is 0 Å². The largest absolute Gasteiger partial charge is 0.396 e. The van der Waals surface area contributed by atoms with Crippen molar-refractivity contribution in [3.8, 4) is 0 Å². The van der Waals surface area contributed by atoms with Crippen LogP contribution in [0.4, 0.5) is 0 Å². The van der Waals surface area contributed by atoms with E-state index in [0.717, 1.165) is 6.54 Å². The van der Waals surface area contributed by atoms with E-state index < -0.39 is 5.41 Å². The Bertz CT molecular complexity index is 295. The average molecular weight is 229 g/mol. The van der Waals surface area contributed by atoms with Crippen molar-refractivity contribution in [1.82, 2.24) is 5.32 Å². The zero-order chi connectivity index (χ0) is 11.3. The molecule has 0 spiro atoms. The maximum Gasteiger partial charge on any atom is 0.0518 e. The number of aliphatic hydroxyl groups excluding tert-OH is 2. The van der Waals surface area contributed by atoms with Crippen molar-refractivity contribution >= 4 is 11.3 Å². The first-order valence-corrected chi connectivity index (χ1v) is 6.00. The van der Waals surface area contributed by atoms with E-state index in [4.69, 9.17) is 10.2 Å². The van der Waals surface area contributed by atoms with Crippen molar-refractivity contribution in [3.63, 3.8) is 0 Å². The van der Waals surface area contributed by atoms with Gasteiger partial charge in [-0.2, -0.15) is 11.3 Å². The number of aliphatic hydroxyl groups is 2. The third kappa shape index (κ3) is 3.57. The van der Waals surface area contributed by atoms with Crippen LogP contribution < -0.4 is 5.32 Å². The fourth-order valence-electron chi connectivity index (χ4n) is 1.23. The molecule has 86 valence electrons. The SMILES string of the molecule is Cc1cscc1CNCC(C)(CO)CO. The summed E-state index contributed by atoms with van der Waals surface area (Å²) in [5, 5.41) is 25.7. The molecule has 1 rings (SSSR count). The highest BCUT2D eigenvalue weighted by molar-refractivity contribution is 7.08. The summed E-state index contributed by atoms with van der Waals surface area (Å²) >= 11 is 1.70. The van der Waals surface area contributed by atoms with Crippen LogP contribution in [0, 0.1) is 12.3 Å². The topological polar surface area (TPSA) is 52.5 Å². The van der Waals surface area contributed by atoms with E-state index in [1.807, 2.05) is 6.92 Å². The molecule has 3 N–H and O–H groups in total. The third-order valence-electron chi connectivity index (χ3n) is 2.59. The van der Waals surface area contributed by atoms with Crippen LogP contribution in [-0.4, -0.2) is 30.0 Å². The number of hydrogen-bond acceptors (Lipinski definition) is 4. The second-order valence-electron chi connectivity index (χ2n) is 4.31. The highest BCUT2D eigenvalue weighted by Crippen LogP contribution is 2.15. The lowest BCUT2D eigenvalue weighted by Crippen LogP contribution is -2.37. The first kappa shape index (κ1) is 12.6. The Kier molecular flexibility index (Phi) is 4.73. The van der Waals surface area contributed by atoms with Crippen molar-refractivity contribution in [2.24, 2.45) is 5.41 Å². The van der Waals surface area contributed by atoms with Crippen LogP contribution in [0.15, 0.2) is 10.8 Å². The molecule has 0 unspecified atom stereocenters. The number of thiophene rings is 1. The molecule has 15 heavy (non-hydrogen) atoms. The summed E-state index contributed by atoms with van der Waals surface area (Å²) in [6.45, 7) is 5.36. The second kappa shape index (κ2) is 5.61. The lowest BCUT2D eigenvalue weighted by Gasteiger charge is -2.24. The molecule has 3 nitrogen and oxygen atoms in total. The summed E-state index contributed by atoms with van der Waals surface area (Å²) in [5.41, 5.74) is 2.16. The molecule has 0 saturated heterocycles. The highest BCUT2D eigenvalue weighted by atomic mass is 32.1. The molecular weight excluding hydrogens is 210 g/mol. The minimum atomic E-state index is -0.427. The molecule has 0 fully saturated rings. The summed E-state index contributed by atoms with van der Waals surface area (Å²) in [7, 11) is 0. The highest BCUT2D eigenvalue weighted by Gasteiger charge is 2.21. The molecular formula is C11H19NO2S. The Morgan fingerprint density at radius 2 is 2.00 bits per heavy atom. The number of hydrogen-bond donors (Lipinski definition) is 3. The normalized spacial score (nSPS) is 12.0. The second-order valence-corrected chi connectivity index (χ2v) is 5.05. The Morgan fingerprint density at radius 1 is 1.33 bits per heavy atom. The molecule has 0 saturated carbocycles. The number of aryl methyl sites for hydroxylation is 1. The molecule has 0 radical (unpaired) electrons. The standard InChI is InChI=1S/C11H19NO2S/c1-9-4-15-5-10(9)3-12-6-11(2,7-13)8-14/h4-5,12-14H,3,6-8H2,1-2H3. The van der Waals surface area contributed by atoms with E-state index >= 15 is 0 Å². The number of rotatable bonds is 6. The van der Waals surface area contributed by atoms with Crippen molar-refractivity contribution in [2.45, 2.75) is 20.4 Å². The van der Waals surface area contributed by atoms with Crippen molar-refractivity contribution < 1.29 is 10.2 Å². The quantitative estimate of drug-likeness (QED) is 0.685. The Balaban J connectivity index is 2.36. The zero-order valence-electron chi connectivity index (χ0n) is 9.29. The molecule has 0 aliphatic rings. The van der Waals surface area contributed by atoms with E-state index in [1.165, 1.54) is 11.1 Å². The summed E-state index contributed by atoms with van der Waals surface area (Å²) in [4.78, 5) is 0. The van der Waals surface area contributed by atoms with Crippen LogP contribution in [0.3, 0.4) is 0 Å². The molecule has 0 atom stereocenters. The predicted octanol–water partition coefficient (Wildman–Crippen LogP) is 1.14. The van der Waals surface area contributed by atoms with Crippen molar-refractivity contribution in [2.75, 3.05) is 19.8 Å². The summed E-state index contributed by atoms with van der Waals surface area (Å²) in [5.74, 6) is 0. The Hall–Kier alpha value is -0.420. The molecule has 0 aliphatic heterocycles. The van der Waals surface area contributed by atoms with Crippen LogP contribution in [0.25, 0.3) is 0 Å². The van der Waals surface area contributed by atoms with E-state index in [1.54, 1.807) is 11.3 Å². The Labute approximate surface area is 94.8 Å². The fourth-order valence-corrected chi connectivity index (χ4v) is 2.09.